The molecule has 0 bridgehead atoms. The molecule has 1 fully saturated rings. The highest BCUT2D eigenvalue weighted by atomic mass is 32.2. The van der Waals surface area contributed by atoms with Crippen molar-refractivity contribution in [1.82, 2.24) is 20.1 Å². The van der Waals surface area contributed by atoms with Crippen LogP contribution >= 0.6 is 0 Å². The van der Waals surface area contributed by atoms with Crippen molar-refractivity contribution in [3.8, 4) is 28.8 Å². The van der Waals surface area contributed by atoms with E-state index in [2.05, 4.69) is 20.2 Å². The lowest BCUT2D eigenvalue weighted by Crippen LogP contribution is -2.41. The van der Waals surface area contributed by atoms with Crippen molar-refractivity contribution in [3.63, 3.8) is 0 Å². The lowest BCUT2D eigenvalue weighted by molar-refractivity contribution is 0.391. The van der Waals surface area contributed by atoms with E-state index in [0.717, 1.165) is 13.0 Å². The number of piperidine rings is 1. The minimum atomic E-state index is -3.71. The zero-order valence-corrected chi connectivity index (χ0v) is 17.5. The summed E-state index contributed by atoms with van der Waals surface area (Å²) < 4.78 is 46.7. The molecule has 2 N–H and O–H groups in total. The molecule has 160 valence electrons. The normalized spacial score (nSPS) is 16.9. The van der Waals surface area contributed by atoms with Crippen LogP contribution in [0.2, 0.25) is 0 Å². The van der Waals surface area contributed by atoms with Gasteiger partial charge in [-0.2, -0.15) is 0 Å². The molecular weight excluding hydrogens is 410 g/mol. The highest BCUT2D eigenvalue weighted by Crippen LogP contribution is 2.37. The fourth-order valence-electron chi connectivity index (χ4n) is 3.47. The van der Waals surface area contributed by atoms with Crippen LogP contribution in [0.25, 0.3) is 17.3 Å². The van der Waals surface area contributed by atoms with Gasteiger partial charge >= 0.3 is 0 Å². The molecule has 4 rings (SSSR count). The Morgan fingerprint density at radius 2 is 1.93 bits per heavy atom. The molecule has 1 aliphatic heterocycles. The largest absolute Gasteiger partial charge is 0.494 e. The van der Waals surface area contributed by atoms with Crippen LogP contribution in [0.5, 0.6) is 11.5 Å². The monoisotopic (exact) mass is 433 g/mol. The Morgan fingerprint density at radius 3 is 2.53 bits per heavy atom. The SMILES string of the molecule is COc1cccc(OC)c1-n1c(NS(=O)(=O)C2CCCNC2)nnc1-c1ccco1. The van der Waals surface area contributed by atoms with E-state index < -0.39 is 15.3 Å². The Kier molecular flexibility index (Phi) is 5.64. The van der Waals surface area contributed by atoms with Gasteiger partial charge < -0.3 is 19.2 Å². The highest BCUT2D eigenvalue weighted by molar-refractivity contribution is 7.93. The van der Waals surface area contributed by atoms with Crippen LogP contribution < -0.4 is 19.5 Å². The molecule has 10 nitrogen and oxygen atoms in total. The Labute approximate surface area is 174 Å². The van der Waals surface area contributed by atoms with E-state index >= 15 is 0 Å². The fraction of sp³-hybridized carbons (Fsp3) is 0.368. The summed E-state index contributed by atoms with van der Waals surface area (Å²) in [7, 11) is -0.668. The first-order valence-corrected chi connectivity index (χ1v) is 11.0. The summed E-state index contributed by atoms with van der Waals surface area (Å²) in [4.78, 5) is 0. The van der Waals surface area contributed by atoms with Crippen LogP contribution in [0.1, 0.15) is 12.8 Å². The number of hydrogen-bond acceptors (Lipinski definition) is 8. The Hall–Kier alpha value is -3.05. The number of para-hydroxylation sites is 1. The molecule has 0 saturated carbocycles. The van der Waals surface area contributed by atoms with Gasteiger partial charge in [0.2, 0.25) is 21.8 Å². The van der Waals surface area contributed by atoms with Gasteiger partial charge in [0.05, 0.1) is 25.7 Å². The van der Waals surface area contributed by atoms with Crippen molar-refractivity contribution in [1.29, 1.82) is 0 Å². The van der Waals surface area contributed by atoms with Gasteiger partial charge in [-0.05, 0) is 43.7 Å². The molecule has 3 heterocycles. The van der Waals surface area contributed by atoms with Crippen molar-refractivity contribution in [2.45, 2.75) is 18.1 Å². The number of nitrogens with one attached hydrogen (secondary N) is 2. The molecule has 1 saturated heterocycles. The number of nitrogens with zero attached hydrogens (tertiary/aromatic N) is 3. The van der Waals surface area contributed by atoms with Crippen molar-refractivity contribution >= 4 is 16.0 Å². The zero-order valence-electron chi connectivity index (χ0n) is 16.7. The molecule has 11 heteroatoms. The predicted molar refractivity (Wildman–Crippen MR) is 111 cm³/mol. The molecular formula is C19H23N5O5S. The summed E-state index contributed by atoms with van der Waals surface area (Å²) in [6, 6.07) is 8.69. The van der Waals surface area contributed by atoms with Crippen LogP contribution in [0, 0.1) is 0 Å². The quantitative estimate of drug-likeness (QED) is 0.581. The molecule has 30 heavy (non-hydrogen) atoms. The van der Waals surface area contributed by atoms with Gasteiger partial charge in [-0.3, -0.25) is 9.29 Å². The van der Waals surface area contributed by atoms with Crippen molar-refractivity contribution in [2.24, 2.45) is 0 Å². The number of rotatable bonds is 7. The Morgan fingerprint density at radius 1 is 1.17 bits per heavy atom. The number of methoxy groups -OCH3 is 2. The van der Waals surface area contributed by atoms with Gasteiger partial charge in [0.1, 0.15) is 17.2 Å². The summed E-state index contributed by atoms with van der Waals surface area (Å²) >= 11 is 0. The van der Waals surface area contributed by atoms with E-state index in [1.165, 1.54) is 25.0 Å². The Bertz CT molecular complexity index is 1080. The zero-order chi connectivity index (χ0) is 21.1. The smallest absolute Gasteiger partial charge is 0.243 e. The number of benzene rings is 1. The first kappa shape index (κ1) is 20.2. The van der Waals surface area contributed by atoms with E-state index in [4.69, 9.17) is 13.9 Å². The summed E-state index contributed by atoms with van der Waals surface area (Å²) in [5, 5.41) is 10.8. The third-order valence-electron chi connectivity index (χ3n) is 4.95. The van der Waals surface area contributed by atoms with Crippen LogP contribution in [0.15, 0.2) is 41.0 Å². The summed E-state index contributed by atoms with van der Waals surface area (Å²) in [5.41, 5.74) is 0.457. The number of sulfonamides is 1. The third kappa shape index (κ3) is 3.73. The average Bonchev–Trinajstić information content (AvgIpc) is 3.43. The second-order valence-electron chi connectivity index (χ2n) is 6.79. The average molecular weight is 433 g/mol. The molecule has 0 aliphatic carbocycles. The van der Waals surface area contributed by atoms with E-state index in [0.29, 0.717) is 41.7 Å². The molecule has 1 aliphatic rings. The molecule has 3 aromatic rings. The fourth-order valence-corrected chi connectivity index (χ4v) is 4.84. The van der Waals surface area contributed by atoms with Gasteiger partial charge in [0.25, 0.3) is 0 Å². The molecule has 1 unspecified atom stereocenters. The minimum absolute atomic E-state index is 0.0229. The maximum absolute atomic E-state index is 13.0. The number of anilines is 1. The first-order valence-electron chi connectivity index (χ1n) is 9.48. The molecule has 1 atom stereocenters. The van der Waals surface area contributed by atoms with E-state index in [1.54, 1.807) is 30.3 Å². The molecule has 0 radical (unpaired) electrons. The third-order valence-corrected chi connectivity index (χ3v) is 6.70. The number of ether oxygens (including phenoxy) is 2. The standard InChI is InChI=1S/C19H23N5O5S/c1-27-14-7-3-8-15(28-2)17(14)24-18(16-9-5-11-29-16)21-22-19(24)23-30(25,26)13-6-4-10-20-12-13/h3,5,7-9,11,13,20H,4,6,10,12H2,1-2H3,(H,22,23). The molecule has 1 aromatic carbocycles. The van der Waals surface area contributed by atoms with Crippen LogP contribution in [0.3, 0.4) is 0 Å². The Balaban J connectivity index is 1.86. The summed E-state index contributed by atoms with van der Waals surface area (Å²) in [5.74, 6) is 1.67. The minimum Gasteiger partial charge on any atom is -0.494 e. The summed E-state index contributed by atoms with van der Waals surface area (Å²) in [6.07, 6.45) is 2.86. The van der Waals surface area contributed by atoms with Gasteiger partial charge in [0, 0.05) is 6.54 Å². The summed E-state index contributed by atoms with van der Waals surface area (Å²) in [6.45, 7) is 1.19. The lowest BCUT2D eigenvalue weighted by Gasteiger charge is -2.23. The second-order valence-corrected chi connectivity index (χ2v) is 8.75. The van der Waals surface area contributed by atoms with Crippen molar-refractivity contribution in [2.75, 3.05) is 32.0 Å². The first-order chi connectivity index (χ1) is 14.5. The molecule has 0 spiro atoms. The lowest BCUT2D eigenvalue weighted by atomic mass is 10.2. The van der Waals surface area contributed by atoms with Crippen LogP contribution in [-0.4, -0.2) is 55.7 Å². The van der Waals surface area contributed by atoms with E-state index in [9.17, 15) is 8.42 Å². The number of hydrogen-bond donors (Lipinski definition) is 2. The van der Waals surface area contributed by atoms with Crippen LogP contribution in [0.4, 0.5) is 5.95 Å². The van der Waals surface area contributed by atoms with Gasteiger partial charge in [-0.1, -0.05) is 6.07 Å². The van der Waals surface area contributed by atoms with E-state index in [1.807, 2.05) is 0 Å². The predicted octanol–water partition coefficient (Wildman–Crippen LogP) is 2.04. The van der Waals surface area contributed by atoms with E-state index in [-0.39, 0.29) is 5.95 Å². The molecule has 0 amide bonds. The van der Waals surface area contributed by atoms with Crippen molar-refractivity contribution < 1.29 is 22.3 Å². The topological polar surface area (TPSA) is 121 Å². The van der Waals surface area contributed by atoms with Gasteiger partial charge in [-0.15, -0.1) is 10.2 Å². The molecule has 2 aromatic heterocycles. The number of furan rings is 1. The van der Waals surface area contributed by atoms with Gasteiger partial charge in [0.15, 0.2) is 5.76 Å². The maximum Gasteiger partial charge on any atom is 0.243 e. The van der Waals surface area contributed by atoms with Crippen molar-refractivity contribution in [3.05, 3.63) is 36.6 Å². The second kappa shape index (κ2) is 8.36. The van der Waals surface area contributed by atoms with Crippen LogP contribution in [-0.2, 0) is 10.0 Å². The maximum atomic E-state index is 13.0. The van der Waals surface area contributed by atoms with Gasteiger partial charge in [-0.25, -0.2) is 8.42 Å². The highest BCUT2D eigenvalue weighted by Gasteiger charge is 2.31. The number of aromatic nitrogens is 3.